The molecule has 0 fully saturated rings. The molecule has 0 aliphatic heterocycles. The van der Waals surface area contributed by atoms with E-state index in [1.54, 1.807) is 7.05 Å². The molecule has 0 saturated heterocycles. The Labute approximate surface area is 162 Å². The lowest BCUT2D eigenvalue weighted by Crippen LogP contribution is -2.38. The van der Waals surface area contributed by atoms with Gasteiger partial charge in [-0.25, -0.2) is 4.98 Å². The molecule has 2 N–H and O–H groups in total. The summed E-state index contributed by atoms with van der Waals surface area (Å²) in [6.07, 6.45) is 4.86. The quantitative estimate of drug-likeness (QED) is 0.395. The molecule has 2 aromatic rings. The minimum absolute atomic E-state index is 0. The molecule has 0 aliphatic carbocycles. The standard InChI is InChI=1S/C18H27N5.HI/c1-15(2)14-23-12-11-20-17(23)13-22-18(19-3)21-10-9-16-7-5-4-6-8-16;/h4-8,11-12,15H,9-10,13-14H2,1-3H3,(H2,19,21,22);1H. The number of imidazole rings is 1. The van der Waals surface area contributed by atoms with E-state index in [1.165, 1.54) is 5.56 Å². The van der Waals surface area contributed by atoms with E-state index in [-0.39, 0.29) is 24.0 Å². The molecule has 5 nitrogen and oxygen atoms in total. The summed E-state index contributed by atoms with van der Waals surface area (Å²) in [4.78, 5) is 8.69. The minimum Gasteiger partial charge on any atom is -0.356 e. The average Bonchev–Trinajstić information content (AvgIpc) is 2.98. The van der Waals surface area contributed by atoms with Crippen molar-refractivity contribution in [2.75, 3.05) is 13.6 Å². The van der Waals surface area contributed by atoms with Crippen molar-refractivity contribution in [1.29, 1.82) is 0 Å². The predicted octanol–water partition coefficient (Wildman–Crippen LogP) is 3.06. The molecule has 24 heavy (non-hydrogen) atoms. The number of hydrogen-bond acceptors (Lipinski definition) is 2. The fourth-order valence-corrected chi connectivity index (χ4v) is 2.42. The van der Waals surface area contributed by atoms with Gasteiger partial charge in [-0.3, -0.25) is 4.99 Å². The van der Waals surface area contributed by atoms with Gasteiger partial charge in [0.25, 0.3) is 0 Å². The third-order valence-corrected chi connectivity index (χ3v) is 3.55. The summed E-state index contributed by atoms with van der Waals surface area (Å²) >= 11 is 0. The Morgan fingerprint density at radius 3 is 2.62 bits per heavy atom. The van der Waals surface area contributed by atoms with Crippen LogP contribution in [0.25, 0.3) is 0 Å². The molecule has 0 unspecified atom stereocenters. The molecule has 0 radical (unpaired) electrons. The molecule has 0 amide bonds. The minimum atomic E-state index is 0. The molecular formula is C18H28IN5. The average molecular weight is 441 g/mol. The summed E-state index contributed by atoms with van der Waals surface area (Å²) in [7, 11) is 1.79. The SMILES string of the molecule is CN=C(NCCc1ccccc1)NCc1nccn1CC(C)C.I. The first-order valence-electron chi connectivity index (χ1n) is 8.17. The third kappa shape index (κ3) is 6.90. The molecule has 0 saturated carbocycles. The normalized spacial score (nSPS) is 11.2. The number of benzene rings is 1. The molecule has 1 aromatic carbocycles. The molecule has 1 aromatic heterocycles. The summed E-state index contributed by atoms with van der Waals surface area (Å²) < 4.78 is 2.19. The molecule has 0 bridgehead atoms. The lowest BCUT2D eigenvalue weighted by Gasteiger charge is -2.14. The Morgan fingerprint density at radius 1 is 1.21 bits per heavy atom. The topological polar surface area (TPSA) is 54.2 Å². The highest BCUT2D eigenvalue weighted by atomic mass is 127. The summed E-state index contributed by atoms with van der Waals surface area (Å²) in [5.74, 6) is 2.44. The van der Waals surface area contributed by atoms with Gasteiger partial charge in [0.1, 0.15) is 5.82 Å². The van der Waals surface area contributed by atoms with Crippen molar-refractivity contribution in [1.82, 2.24) is 20.2 Å². The first kappa shape index (κ1) is 20.5. The number of halogens is 1. The number of aromatic nitrogens is 2. The van der Waals surface area contributed by atoms with Gasteiger partial charge in [0.2, 0.25) is 0 Å². The van der Waals surface area contributed by atoms with Crippen molar-refractivity contribution in [2.24, 2.45) is 10.9 Å². The molecule has 132 valence electrons. The van der Waals surface area contributed by atoms with Crippen molar-refractivity contribution in [3.8, 4) is 0 Å². The molecule has 0 spiro atoms. The smallest absolute Gasteiger partial charge is 0.191 e. The van der Waals surface area contributed by atoms with Crippen LogP contribution in [-0.4, -0.2) is 29.1 Å². The van der Waals surface area contributed by atoms with Gasteiger partial charge in [-0.1, -0.05) is 44.2 Å². The van der Waals surface area contributed by atoms with Crippen LogP contribution in [0.2, 0.25) is 0 Å². The number of hydrogen-bond donors (Lipinski definition) is 2. The molecule has 0 aliphatic rings. The number of nitrogens with zero attached hydrogens (tertiary/aromatic N) is 3. The predicted molar refractivity (Wildman–Crippen MR) is 111 cm³/mol. The van der Waals surface area contributed by atoms with Crippen LogP contribution in [0.3, 0.4) is 0 Å². The van der Waals surface area contributed by atoms with E-state index in [1.807, 2.05) is 18.5 Å². The van der Waals surface area contributed by atoms with Crippen LogP contribution in [0.1, 0.15) is 25.2 Å². The Balaban J connectivity index is 0.00000288. The van der Waals surface area contributed by atoms with Crippen LogP contribution >= 0.6 is 24.0 Å². The molecule has 0 atom stereocenters. The second-order valence-corrected chi connectivity index (χ2v) is 5.98. The lowest BCUT2D eigenvalue weighted by molar-refractivity contribution is 0.503. The fourth-order valence-electron chi connectivity index (χ4n) is 2.42. The van der Waals surface area contributed by atoms with Crippen molar-refractivity contribution < 1.29 is 0 Å². The van der Waals surface area contributed by atoms with Crippen molar-refractivity contribution >= 4 is 29.9 Å². The Bertz CT molecular complexity index is 607. The number of nitrogens with one attached hydrogen (secondary N) is 2. The summed E-state index contributed by atoms with van der Waals surface area (Å²) in [6, 6.07) is 10.5. The van der Waals surface area contributed by atoms with E-state index in [0.29, 0.717) is 12.5 Å². The first-order valence-corrected chi connectivity index (χ1v) is 8.17. The molecule has 6 heteroatoms. The van der Waals surface area contributed by atoms with Gasteiger partial charge in [-0.05, 0) is 17.9 Å². The Morgan fingerprint density at radius 2 is 1.96 bits per heavy atom. The zero-order valence-corrected chi connectivity index (χ0v) is 17.0. The number of aliphatic imine (C=N–C) groups is 1. The van der Waals surface area contributed by atoms with E-state index in [0.717, 1.165) is 31.3 Å². The summed E-state index contributed by atoms with van der Waals surface area (Å²) in [6.45, 7) is 6.93. The highest BCUT2D eigenvalue weighted by Gasteiger charge is 2.05. The second kappa shape index (κ2) is 11.1. The van der Waals surface area contributed by atoms with E-state index < -0.39 is 0 Å². The zero-order valence-electron chi connectivity index (χ0n) is 14.7. The van der Waals surface area contributed by atoms with Gasteiger partial charge in [0.15, 0.2) is 5.96 Å². The van der Waals surface area contributed by atoms with E-state index >= 15 is 0 Å². The summed E-state index contributed by atoms with van der Waals surface area (Å²) in [5, 5.41) is 6.67. The van der Waals surface area contributed by atoms with Crippen LogP contribution in [0.4, 0.5) is 0 Å². The van der Waals surface area contributed by atoms with Gasteiger partial charge in [-0.2, -0.15) is 0 Å². The van der Waals surface area contributed by atoms with Crippen molar-refractivity contribution in [3.63, 3.8) is 0 Å². The van der Waals surface area contributed by atoms with Crippen LogP contribution in [0.5, 0.6) is 0 Å². The number of guanidine groups is 1. The van der Waals surface area contributed by atoms with Crippen molar-refractivity contribution in [2.45, 2.75) is 33.4 Å². The lowest BCUT2D eigenvalue weighted by atomic mass is 10.1. The summed E-state index contributed by atoms with van der Waals surface area (Å²) in [5.41, 5.74) is 1.32. The first-order chi connectivity index (χ1) is 11.2. The van der Waals surface area contributed by atoms with E-state index in [9.17, 15) is 0 Å². The van der Waals surface area contributed by atoms with Gasteiger partial charge >= 0.3 is 0 Å². The maximum atomic E-state index is 4.42. The van der Waals surface area contributed by atoms with Gasteiger partial charge in [-0.15, -0.1) is 24.0 Å². The zero-order chi connectivity index (χ0) is 16.5. The highest BCUT2D eigenvalue weighted by Crippen LogP contribution is 2.03. The fraction of sp³-hybridized carbons (Fsp3) is 0.444. The molecular weight excluding hydrogens is 413 g/mol. The molecule has 2 rings (SSSR count). The highest BCUT2D eigenvalue weighted by molar-refractivity contribution is 14.0. The largest absolute Gasteiger partial charge is 0.356 e. The van der Waals surface area contributed by atoms with E-state index in [4.69, 9.17) is 0 Å². The second-order valence-electron chi connectivity index (χ2n) is 5.98. The molecule has 1 heterocycles. The van der Waals surface area contributed by atoms with Crippen molar-refractivity contribution in [3.05, 3.63) is 54.1 Å². The Kier molecular flexibility index (Phi) is 9.44. The maximum Gasteiger partial charge on any atom is 0.191 e. The third-order valence-electron chi connectivity index (χ3n) is 3.55. The van der Waals surface area contributed by atoms with Gasteiger partial charge in [0.05, 0.1) is 6.54 Å². The van der Waals surface area contributed by atoms with Gasteiger partial charge in [0, 0.05) is 32.5 Å². The van der Waals surface area contributed by atoms with Gasteiger partial charge < -0.3 is 15.2 Å². The van der Waals surface area contributed by atoms with Crippen LogP contribution in [0, 0.1) is 5.92 Å². The maximum absolute atomic E-state index is 4.42. The van der Waals surface area contributed by atoms with Crippen LogP contribution in [-0.2, 0) is 19.5 Å². The van der Waals surface area contributed by atoms with Crippen LogP contribution < -0.4 is 10.6 Å². The Hall–Kier alpha value is -1.57. The monoisotopic (exact) mass is 441 g/mol. The van der Waals surface area contributed by atoms with E-state index in [2.05, 4.69) is 63.3 Å². The number of rotatable bonds is 7. The van der Waals surface area contributed by atoms with Crippen LogP contribution in [0.15, 0.2) is 47.7 Å².